The highest BCUT2D eigenvalue weighted by atomic mass is 19.4. The monoisotopic (exact) mass is 433 g/mol. The van der Waals surface area contributed by atoms with Gasteiger partial charge in [-0.2, -0.15) is 13.2 Å². The fraction of sp³-hybridized carbons (Fsp3) is 0.440. The molecule has 1 aliphatic rings. The van der Waals surface area contributed by atoms with Gasteiger partial charge in [0.05, 0.1) is 12.7 Å². The third kappa shape index (κ3) is 5.31. The molecule has 31 heavy (non-hydrogen) atoms. The van der Waals surface area contributed by atoms with Gasteiger partial charge in [0.1, 0.15) is 11.4 Å². The van der Waals surface area contributed by atoms with Gasteiger partial charge in [0, 0.05) is 12.5 Å². The minimum atomic E-state index is -4.47. The summed E-state index contributed by atoms with van der Waals surface area (Å²) in [5.74, 6) is 0.459. The maximum atomic E-state index is 13.5. The van der Waals surface area contributed by atoms with Crippen LogP contribution in [-0.4, -0.2) is 37.8 Å². The summed E-state index contributed by atoms with van der Waals surface area (Å²) in [6.45, 7) is 0.572. The number of alkyl halides is 3. The molecule has 6 heteroatoms. The molecule has 2 atom stereocenters. The van der Waals surface area contributed by atoms with Crippen LogP contribution in [0.2, 0.25) is 0 Å². The molecule has 0 heterocycles. The van der Waals surface area contributed by atoms with E-state index in [9.17, 15) is 18.3 Å². The van der Waals surface area contributed by atoms with E-state index in [0.717, 1.165) is 42.5 Å². The zero-order valence-corrected chi connectivity index (χ0v) is 18.2. The molecule has 2 aromatic rings. The highest BCUT2D eigenvalue weighted by Crippen LogP contribution is 2.46. The molecule has 3 nitrogen and oxygen atoms in total. The third-order valence-corrected chi connectivity index (χ3v) is 5.98. The first-order chi connectivity index (χ1) is 14.6. The number of rotatable bonds is 5. The van der Waals surface area contributed by atoms with Gasteiger partial charge < -0.3 is 14.7 Å². The van der Waals surface area contributed by atoms with Crippen LogP contribution in [0, 0.1) is 5.92 Å². The molecule has 0 aromatic heterocycles. The van der Waals surface area contributed by atoms with Gasteiger partial charge in [0.15, 0.2) is 0 Å². The van der Waals surface area contributed by atoms with E-state index in [2.05, 4.69) is 0 Å². The Morgan fingerprint density at radius 3 is 2.55 bits per heavy atom. The van der Waals surface area contributed by atoms with Gasteiger partial charge in [-0.3, -0.25) is 0 Å². The van der Waals surface area contributed by atoms with Gasteiger partial charge in [-0.05, 0) is 74.3 Å². The molecule has 0 amide bonds. The molecule has 2 unspecified atom stereocenters. The minimum absolute atomic E-state index is 0.231. The van der Waals surface area contributed by atoms with Crippen LogP contribution >= 0.6 is 0 Å². The van der Waals surface area contributed by atoms with E-state index >= 15 is 0 Å². The summed E-state index contributed by atoms with van der Waals surface area (Å²) in [6.07, 6.45) is 0.589. The van der Waals surface area contributed by atoms with Crippen LogP contribution < -0.4 is 4.74 Å². The van der Waals surface area contributed by atoms with Crippen LogP contribution in [0.1, 0.15) is 42.4 Å². The Kier molecular flexibility index (Phi) is 7.12. The zero-order valence-electron chi connectivity index (χ0n) is 18.2. The summed E-state index contributed by atoms with van der Waals surface area (Å²) in [5.41, 5.74) is -0.350. The summed E-state index contributed by atoms with van der Waals surface area (Å²) in [5, 5.41) is 12.2. The average molecular weight is 434 g/mol. The molecule has 1 N–H and O–H groups in total. The molecule has 0 saturated heterocycles. The second-order valence-electron chi connectivity index (χ2n) is 8.50. The molecule has 0 radical (unpaired) electrons. The summed E-state index contributed by atoms with van der Waals surface area (Å²) in [4.78, 5) is 1.98. The number of methoxy groups -OCH3 is 1. The molecule has 168 valence electrons. The number of ether oxygens (including phenoxy) is 1. The first-order valence-electron chi connectivity index (χ1n) is 10.5. The van der Waals surface area contributed by atoms with Crippen LogP contribution in [0.3, 0.4) is 0 Å². The standard InChI is InChI=1S/C25H30F3NO2/c1-29(2)17-22-10-5-4-9-19(14-18-8-6-13-23(15-18)31-3)24(22,30)20-11-7-12-21(16-20)25(26,27)28/h6-8,11-16,22,30H,4-5,9-10,17H2,1-3H3/b19-14+. The Morgan fingerprint density at radius 2 is 1.87 bits per heavy atom. The number of benzene rings is 2. The Bertz CT molecular complexity index is 923. The van der Waals surface area contributed by atoms with Gasteiger partial charge in [-0.25, -0.2) is 0 Å². The van der Waals surface area contributed by atoms with Crippen molar-refractivity contribution in [3.63, 3.8) is 0 Å². The quantitative estimate of drug-likeness (QED) is 0.611. The van der Waals surface area contributed by atoms with E-state index in [1.54, 1.807) is 13.2 Å². The van der Waals surface area contributed by atoms with E-state index in [1.807, 2.05) is 49.3 Å². The van der Waals surface area contributed by atoms with Crippen molar-refractivity contribution in [3.8, 4) is 5.75 Å². The first-order valence-corrected chi connectivity index (χ1v) is 10.5. The van der Waals surface area contributed by atoms with Gasteiger partial charge in [0.2, 0.25) is 0 Å². The number of aliphatic hydroxyl groups is 1. The lowest BCUT2D eigenvalue weighted by Gasteiger charge is -2.39. The summed E-state index contributed by atoms with van der Waals surface area (Å²) >= 11 is 0. The van der Waals surface area contributed by atoms with Crippen molar-refractivity contribution in [1.29, 1.82) is 0 Å². The average Bonchev–Trinajstić information content (AvgIpc) is 2.88. The molecule has 1 aliphatic carbocycles. The topological polar surface area (TPSA) is 32.7 Å². The van der Waals surface area contributed by atoms with E-state index in [-0.39, 0.29) is 5.92 Å². The smallest absolute Gasteiger partial charge is 0.416 e. The Balaban J connectivity index is 2.18. The number of nitrogens with zero attached hydrogens (tertiary/aromatic N) is 1. The van der Waals surface area contributed by atoms with Gasteiger partial charge >= 0.3 is 6.18 Å². The highest BCUT2D eigenvalue weighted by molar-refractivity contribution is 5.59. The molecule has 0 aliphatic heterocycles. The summed E-state index contributed by atoms with van der Waals surface area (Å²) in [6, 6.07) is 12.6. The van der Waals surface area contributed by atoms with Crippen molar-refractivity contribution in [3.05, 3.63) is 70.8 Å². The molecule has 3 rings (SSSR count). The lowest BCUT2D eigenvalue weighted by molar-refractivity contribution is -0.137. The molecule has 2 aromatic carbocycles. The van der Waals surface area contributed by atoms with Gasteiger partial charge in [-0.1, -0.05) is 36.8 Å². The maximum absolute atomic E-state index is 13.5. The first kappa shape index (κ1) is 23.4. The zero-order chi connectivity index (χ0) is 22.6. The van der Waals surface area contributed by atoms with Gasteiger partial charge in [-0.15, -0.1) is 0 Å². The van der Waals surface area contributed by atoms with E-state index < -0.39 is 17.3 Å². The Labute approximate surface area is 182 Å². The van der Waals surface area contributed by atoms with E-state index in [4.69, 9.17) is 4.74 Å². The van der Waals surface area contributed by atoms with Crippen molar-refractivity contribution in [2.24, 2.45) is 5.92 Å². The molecular weight excluding hydrogens is 403 g/mol. The largest absolute Gasteiger partial charge is 0.497 e. The Hall–Kier alpha value is -2.31. The lowest BCUT2D eigenvalue weighted by Crippen LogP contribution is -2.41. The second-order valence-corrected chi connectivity index (χ2v) is 8.50. The fourth-order valence-corrected chi connectivity index (χ4v) is 4.50. The third-order valence-electron chi connectivity index (χ3n) is 5.98. The number of hydrogen-bond donors (Lipinski definition) is 1. The van der Waals surface area contributed by atoms with E-state index in [1.165, 1.54) is 6.07 Å². The second kappa shape index (κ2) is 9.45. The minimum Gasteiger partial charge on any atom is -0.497 e. The van der Waals surface area contributed by atoms with Crippen molar-refractivity contribution in [2.45, 2.75) is 37.5 Å². The SMILES string of the molecule is COc1cccc(/C=C2\CCCCC(CN(C)C)C2(O)c2cccc(C(F)(F)F)c2)c1. The predicted octanol–water partition coefficient (Wildman–Crippen LogP) is 5.74. The number of hydrogen-bond acceptors (Lipinski definition) is 3. The Morgan fingerprint density at radius 1 is 1.13 bits per heavy atom. The molecule has 0 bridgehead atoms. The van der Waals surface area contributed by atoms with Crippen molar-refractivity contribution < 1.29 is 23.0 Å². The molecule has 0 spiro atoms. The maximum Gasteiger partial charge on any atom is 0.416 e. The molecule has 1 saturated carbocycles. The van der Waals surface area contributed by atoms with Crippen LogP contribution in [0.25, 0.3) is 6.08 Å². The lowest BCUT2D eigenvalue weighted by atomic mass is 9.73. The van der Waals surface area contributed by atoms with Gasteiger partial charge in [0.25, 0.3) is 0 Å². The number of halogens is 3. The van der Waals surface area contributed by atoms with Crippen molar-refractivity contribution >= 4 is 6.08 Å². The fourth-order valence-electron chi connectivity index (χ4n) is 4.50. The summed E-state index contributed by atoms with van der Waals surface area (Å²) < 4.78 is 45.7. The van der Waals surface area contributed by atoms with Crippen LogP contribution in [0.15, 0.2) is 54.1 Å². The summed E-state index contributed by atoms with van der Waals surface area (Å²) in [7, 11) is 5.43. The van der Waals surface area contributed by atoms with E-state index in [0.29, 0.717) is 24.3 Å². The molecule has 1 fully saturated rings. The van der Waals surface area contributed by atoms with Crippen LogP contribution in [0.4, 0.5) is 13.2 Å². The predicted molar refractivity (Wildman–Crippen MR) is 117 cm³/mol. The highest BCUT2D eigenvalue weighted by Gasteiger charge is 2.44. The van der Waals surface area contributed by atoms with Crippen LogP contribution in [0.5, 0.6) is 5.75 Å². The molecular formula is C25H30F3NO2. The van der Waals surface area contributed by atoms with Crippen molar-refractivity contribution in [1.82, 2.24) is 4.90 Å². The van der Waals surface area contributed by atoms with Crippen molar-refractivity contribution in [2.75, 3.05) is 27.7 Å². The van der Waals surface area contributed by atoms with Crippen LogP contribution in [-0.2, 0) is 11.8 Å². The normalized spacial score (nSPS) is 23.7.